The van der Waals surface area contributed by atoms with Crippen LogP contribution in [0.15, 0.2) is 28.7 Å². The van der Waals surface area contributed by atoms with Crippen molar-refractivity contribution in [2.24, 2.45) is 5.41 Å². The van der Waals surface area contributed by atoms with E-state index in [1.54, 1.807) is 7.11 Å². The van der Waals surface area contributed by atoms with Crippen molar-refractivity contribution < 1.29 is 4.74 Å². The lowest BCUT2D eigenvalue weighted by molar-refractivity contribution is 0.148. The molecule has 0 aliphatic heterocycles. The molecule has 1 N–H and O–H groups in total. The summed E-state index contributed by atoms with van der Waals surface area (Å²) in [5.41, 5.74) is 1.61. The Balaban J connectivity index is 2.58. The monoisotopic (exact) mass is 327 g/mol. The van der Waals surface area contributed by atoms with Gasteiger partial charge in [0.1, 0.15) is 0 Å². The zero-order valence-corrected chi connectivity index (χ0v) is 14.1. The van der Waals surface area contributed by atoms with Crippen LogP contribution in [0.1, 0.15) is 45.2 Å². The van der Waals surface area contributed by atoms with E-state index in [0.29, 0.717) is 6.04 Å². The minimum Gasteiger partial charge on any atom is -0.385 e. The summed E-state index contributed by atoms with van der Waals surface area (Å²) in [6.07, 6.45) is 2.17. The van der Waals surface area contributed by atoms with Gasteiger partial charge in [0.25, 0.3) is 0 Å². The Morgan fingerprint density at radius 2 is 2.11 bits per heavy atom. The number of hydrogen-bond acceptors (Lipinski definition) is 2. The van der Waals surface area contributed by atoms with Crippen LogP contribution in [0.5, 0.6) is 0 Å². The van der Waals surface area contributed by atoms with Crippen LogP contribution >= 0.6 is 15.9 Å². The van der Waals surface area contributed by atoms with Crippen LogP contribution in [0.2, 0.25) is 0 Å². The first kappa shape index (κ1) is 16.7. The van der Waals surface area contributed by atoms with E-state index < -0.39 is 0 Å². The van der Waals surface area contributed by atoms with E-state index in [0.717, 1.165) is 30.5 Å². The smallest absolute Gasteiger partial charge is 0.0467 e. The fourth-order valence-corrected chi connectivity index (χ4v) is 2.50. The molecule has 0 fully saturated rings. The first-order valence-electron chi connectivity index (χ1n) is 6.96. The van der Waals surface area contributed by atoms with Crippen molar-refractivity contribution in [3.8, 4) is 0 Å². The van der Waals surface area contributed by atoms with E-state index in [1.807, 2.05) is 0 Å². The van der Waals surface area contributed by atoms with E-state index >= 15 is 0 Å². The minimum atomic E-state index is 0.259. The molecule has 0 heterocycles. The molecule has 0 bridgehead atoms. The molecular weight excluding hydrogens is 302 g/mol. The highest BCUT2D eigenvalue weighted by molar-refractivity contribution is 9.10. The molecule has 1 unspecified atom stereocenters. The Morgan fingerprint density at radius 3 is 2.68 bits per heavy atom. The average Bonchev–Trinajstić information content (AvgIpc) is 2.37. The predicted molar refractivity (Wildman–Crippen MR) is 85.5 cm³/mol. The Morgan fingerprint density at radius 1 is 1.37 bits per heavy atom. The Kier molecular flexibility index (Phi) is 7.05. The highest BCUT2D eigenvalue weighted by Gasteiger charge is 2.19. The molecule has 0 amide bonds. The molecule has 3 heteroatoms. The molecule has 0 saturated carbocycles. The number of ether oxygens (including phenoxy) is 1. The normalized spacial score (nSPS) is 13.5. The molecule has 108 valence electrons. The van der Waals surface area contributed by atoms with Gasteiger partial charge in [-0.3, -0.25) is 0 Å². The third kappa shape index (κ3) is 6.07. The van der Waals surface area contributed by atoms with E-state index in [2.05, 4.69) is 66.3 Å². The fourth-order valence-electron chi connectivity index (χ4n) is 2.09. The molecule has 1 aromatic rings. The Hall–Kier alpha value is -0.380. The Bertz CT molecular complexity index is 379. The van der Waals surface area contributed by atoms with Gasteiger partial charge in [0, 0.05) is 30.8 Å². The summed E-state index contributed by atoms with van der Waals surface area (Å²) in [5.74, 6) is 0. The topological polar surface area (TPSA) is 21.3 Å². The van der Waals surface area contributed by atoms with Crippen molar-refractivity contribution in [3.05, 3.63) is 34.3 Å². The molecule has 0 saturated heterocycles. The fraction of sp³-hybridized carbons (Fsp3) is 0.625. The quantitative estimate of drug-likeness (QED) is 0.756. The van der Waals surface area contributed by atoms with Gasteiger partial charge in [-0.2, -0.15) is 0 Å². The van der Waals surface area contributed by atoms with E-state index in [-0.39, 0.29) is 5.41 Å². The lowest BCUT2D eigenvalue weighted by Crippen LogP contribution is -2.33. The second kappa shape index (κ2) is 8.03. The number of halogens is 1. The van der Waals surface area contributed by atoms with Gasteiger partial charge in [0.05, 0.1) is 0 Å². The number of hydrogen-bond donors (Lipinski definition) is 1. The van der Waals surface area contributed by atoms with Crippen LogP contribution in [0.3, 0.4) is 0 Å². The molecule has 1 atom stereocenters. The van der Waals surface area contributed by atoms with Crippen molar-refractivity contribution in [2.75, 3.05) is 20.3 Å². The van der Waals surface area contributed by atoms with Gasteiger partial charge in [-0.15, -0.1) is 0 Å². The summed E-state index contributed by atoms with van der Waals surface area (Å²) in [7, 11) is 1.76. The third-order valence-electron chi connectivity index (χ3n) is 3.47. The predicted octanol–water partition coefficient (Wildman–Crippen LogP) is 4.55. The largest absolute Gasteiger partial charge is 0.385 e. The van der Waals surface area contributed by atoms with Crippen LogP contribution in [0.4, 0.5) is 0 Å². The van der Waals surface area contributed by atoms with Crippen molar-refractivity contribution >= 4 is 15.9 Å². The molecule has 2 nitrogen and oxygen atoms in total. The Labute approximate surface area is 126 Å². The van der Waals surface area contributed by atoms with Crippen LogP contribution < -0.4 is 5.32 Å². The summed E-state index contributed by atoms with van der Waals surface area (Å²) in [4.78, 5) is 0. The molecule has 0 radical (unpaired) electrons. The minimum absolute atomic E-state index is 0.259. The highest BCUT2D eigenvalue weighted by Crippen LogP contribution is 2.24. The van der Waals surface area contributed by atoms with E-state index in [4.69, 9.17) is 4.74 Å². The standard InChI is InChI=1S/C16H26BrNO/c1-5-15(13-7-6-8-14(17)11-13)18-12-16(2,3)9-10-19-4/h6-8,11,15,18H,5,9-10,12H2,1-4H3. The maximum absolute atomic E-state index is 5.18. The van der Waals surface area contributed by atoms with Crippen molar-refractivity contribution in [3.63, 3.8) is 0 Å². The lowest BCUT2D eigenvalue weighted by atomic mass is 9.89. The van der Waals surface area contributed by atoms with Crippen LogP contribution in [0.25, 0.3) is 0 Å². The molecule has 0 aliphatic rings. The second-order valence-electron chi connectivity index (χ2n) is 5.80. The number of rotatable bonds is 8. The summed E-state index contributed by atoms with van der Waals surface area (Å²) in [6, 6.07) is 8.97. The molecule has 1 rings (SSSR count). The second-order valence-corrected chi connectivity index (χ2v) is 6.72. The summed E-state index contributed by atoms with van der Waals surface area (Å²) >= 11 is 3.54. The molecule has 1 aromatic carbocycles. The van der Waals surface area contributed by atoms with Crippen molar-refractivity contribution in [2.45, 2.75) is 39.7 Å². The van der Waals surface area contributed by atoms with Gasteiger partial charge in [-0.25, -0.2) is 0 Å². The van der Waals surface area contributed by atoms with Crippen molar-refractivity contribution in [1.82, 2.24) is 5.32 Å². The molecular formula is C16H26BrNO. The van der Waals surface area contributed by atoms with E-state index in [9.17, 15) is 0 Å². The molecule has 19 heavy (non-hydrogen) atoms. The van der Waals surface area contributed by atoms with Gasteiger partial charge in [0.2, 0.25) is 0 Å². The zero-order valence-electron chi connectivity index (χ0n) is 12.5. The highest BCUT2D eigenvalue weighted by atomic mass is 79.9. The summed E-state index contributed by atoms with van der Waals surface area (Å²) < 4.78 is 6.32. The van der Waals surface area contributed by atoms with Gasteiger partial charge in [-0.05, 0) is 36.0 Å². The molecule has 0 aromatic heterocycles. The van der Waals surface area contributed by atoms with Crippen LogP contribution in [-0.2, 0) is 4.74 Å². The van der Waals surface area contributed by atoms with Crippen LogP contribution in [0, 0.1) is 5.41 Å². The third-order valence-corrected chi connectivity index (χ3v) is 3.96. The maximum Gasteiger partial charge on any atom is 0.0467 e. The van der Waals surface area contributed by atoms with Gasteiger partial charge in [0.15, 0.2) is 0 Å². The van der Waals surface area contributed by atoms with Crippen molar-refractivity contribution in [1.29, 1.82) is 0 Å². The molecule has 0 spiro atoms. The maximum atomic E-state index is 5.18. The summed E-state index contributed by atoms with van der Waals surface area (Å²) in [5, 5.41) is 3.69. The van der Waals surface area contributed by atoms with Crippen LogP contribution in [-0.4, -0.2) is 20.3 Å². The first-order valence-corrected chi connectivity index (χ1v) is 7.75. The summed E-state index contributed by atoms with van der Waals surface area (Å²) in [6.45, 7) is 8.61. The van der Waals surface area contributed by atoms with Gasteiger partial charge in [-0.1, -0.05) is 48.8 Å². The SMILES string of the molecule is CCC(NCC(C)(C)CCOC)c1cccc(Br)c1. The van der Waals surface area contributed by atoms with Gasteiger partial charge < -0.3 is 10.1 Å². The molecule has 0 aliphatic carbocycles. The van der Waals surface area contributed by atoms with E-state index in [1.165, 1.54) is 5.56 Å². The number of nitrogens with one attached hydrogen (secondary N) is 1. The lowest BCUT2D eigenvalue weighted by Gasteiger charge is -2.28. The zero-order chi connectivity index (χ0) is 14.3. The van der Waals surface area contributed by atoms with Gasteiger partial charge >= 0.3 is 0 Å². The number of benzene rings is 1. The first-order chi connectivity index (χ1) is 8.98. The number of methoxy groups -OCH3 is 1. The average molecular weight is 328 g/mol.